The summed E-state index contributed by atoms with van der Waals surface area (Å²) >= 11 is 0. The summed E-state index contributed by atoms with van der Waals surface area (Å²) in [6.45, 7) is 3.65. The van der Waals surface area contributed by atoms with E-state index in [1.807, 2.05) is 6.92 Å². The number of carbonyl (C=O) groups is 1. The van der Waals surface area contributed by atoms with Crippen molar-refractivity contribution < 1.29 is 19.2 Å². The highest BCUT2D eigenvalue weighted by atomic mass is 19.1. The summed E-state index contributed by atoms with van der Waals surface area (Å²) in [5, 5.41) is 22.5. The number of nitrogens with zero attached hydrogens (tertiary/aromatic N) is 1. The van der Waals surface area contributed by atoms with Gasteiger partial charge in [-0.15, -0.1) is 0 Å². The largest absolute Gasteiger partial charge is 0.481 e. The van der Waals surface area contributed by atoms with Crippen molar-refractivity contribution in [2.75, 3.05) is 11.9 Å². The zero-order valence-electron chi connectivity index (χ0n) is 11.4. The van der Waals surface area contributed by atoms with Gasteiger partial charge < -0.3 is 10.4 Å². The molecule has 20 heavy (non-hydrogen) atoms. The molecule has 0 radical (unpaired) electrons. The highest BCUT2D eigenvalue weighted by Crippen LogP contribution is 2.28. The van der Waals surface area contributed by atoms with Crippen molar-refractivity contribution in [2.24, 2.45) is 5.92 Å². The lowest BCUT2D eigenvalue weighted by atomic mass is 10.0. The van der Waals surface area contributed by atoms with Crippen LogP contribution in [0.2, 0.25) is 0 Å². The van der Waals surface area contributed by atoms with Crippen molar-refractivity contribution in [3.8, 4) is 0 Å². The molecule has 0 saturated heterocycles. The first-order valence-corrected chi connectivity index (χ1v) is 6.25. The summed E-state index contributed by atoms with van der Waals surface area (Å²) in [5.74, 6) is -1.69. The SMILES string of the molecule is CCC(CNc1cc(C)c(F)cc1[N+](=O)[O-])CC(=O)O. The van der Waals surface area contributed by atoms with Crippen LogP contribution in [0.5, 0.6) is 0 Å². The van der Waals surface area contributed by atoms with Crippen LogP contribution in [-0.4, -0.2) is 22.5 Å². The van der Waals surface area contributed by atoms with E-state index in [4.69, 9.17) is 5.11 Å². The molecular formula is C13H17FN2O4. The summed E-state index contributed by atoms with van der Waals surface area (Å²) in [4.78, 5) is 20.9. The van der Waals surface area contributed by atoms with Gasteiger partial charge in [0.1, 0.15) is 11.5 Å². The van der Waals surface area contributed by atoms with E-state index >= 15 is 0 Å². The molecule has 0 aliphatic rings. The molecule has 7 heteroatoms. The fourth-order valence-electron chi connectivity index (χ4n) is 1.83. The van der Waals surface area contributed by atoms with Crippen molar-refractivity contribution in [3.63, 3.8) is 0 Å². The van der Waals surface area contributed by atoms with E-state index in [0.29, 0.717) is 12.0 Å². The predicted octanol–water partition coefficient (Wildman–Crippen LogP) is 2.96. The summed E-state index contributed by atoms with van der Waals surface area (Å²) < 4.78 is 13.3. The Morgan fingerprint density at radius 2 is 2.20 bits per heavy atom. The summed E-state index contributed by atoms with van der Waals surface area (Å²) in [7, 11) is 0. The minimum absolute atomic E-state index is 0.0164. The van der Waals surface area contributed by atoms with Crippen LogP contribution >= 0.6 is 0 Å². The van der Waals surface area contributed by atoms with Crippen LogP contribution in [0.4, 0.5) is 15.8 Å². The molecule has 1 aromatic rings. The van der Waals surface area contributed by atoms with Gasteiger partial charge in [-0.2, -0.15) is 0 Å². The number of aliphatic carboxylic acids is 1. The zero-order chi connectivity index (χ0) is 15.3. The van der Waals surface area contributed by atoms with Crippen molar-refractivity contribution in [1.82, 2.24) is 0 Å². The summed E-state index contributed by atoms with van der Waals surface area (Å²) in [6.07, 6.45) is 0.616. The molecule has 0 heterocycles. The van der Waals surface area contributed by atoms with Gasteiger partial charge in [0.15, 0.2) is 0 Å². The number of rotatable bonds is 7. The van der Waals surface area contributed by atoms with Crippen molar-refractivity contribution >= 4 is 17.3 Å². The number of hydrogen-bond donors (Lipinski definition) is 2. The van der Waals surface area contributed by atoms with Crippen LogP contribution in [-0.2, 0) is 4.79 Å². The monoisotopic (exact) mass is 284 g/mol. The van der Waals surface area contributed by atoms with Gasteiger partial charge in [0, 0.05) is 13.0 Å². The third kappa shape index (κ3) is 4.18. The Morgan fingerprint density at radius 1 is 1.55 bits per heavy atom. The molecule has 0 amide bonds. The fraction of sp³-hybridized carbons (Fsp3) is 0.462. The first-order valence-electron chi connectivity index (χ1n) is 6.25. The number of nitro groups is 1. The molecule has 2 N–H and O–H groups in total. The highest BCUT2D eigenvalue weighted by molar-refractivity contribution is 5.67. The van der Waals surface area contributed by atoms with Crippen LogP contribution in [0.3, 0.4) is 0 Å². The topological polar surface area (TPSA) is 92.5 Å². The molecule has 110 valence electrons. The van der Waals surface area contributed by atoms with Gasteiger partial charge in [0.25, 0.3) is 5.69 Å². The van der Waals surface area contributed by atoms with Crippen LogP contribution in [0.25, 0.3) is 0 Å². The summed E-state index contributed by atoms with van der Waals surface area (Å²) in [6, 6.07) is 2.23. The van der Waals surface area contributed by atoms with Gasteiger partial charge in [-0.1, -0.05) is 13.3 Å². The molecule has 1 unspecified atom stereocenters. The molecule has 6 nitrogen and oxygen atoms in total. The Labute approximate surface area is 115 Å². The lowest BCUT2D eigenvalue weighted by molar-refractivity contribution is -0.384. The van der Waals surface area contributed by atoms with Gasteiger partial charge in [-0.05, 0) is 24.5 Å². The third-order valence-electron chi connectivity index (χ3n) is 3.10. The van der Waals surface area contributed by atoms with E-state index < -0.39 is 16.7 Å². The minimum atomic E-state index is -0.913. The molecular weight excluding hydrogens is 267 g/mol. The normalized spacial score (nSPS) is 11.9. The number of halogens is 1. The molecule has 0 aromatic heterocycles. The molecule has 1 aromatic carbocycles. The Hall–Kier alpha value is -2.18. The van der Waals surface area contributed by atoms with Gasteiger partial charge in [-0.25, -0.2) is 4.39 Å². The third-order valence-corrected chi connectivity index (χ3v) is 3.10. The Morgan fingerprint density at radius 3 is 2.70 bits per heavy atom. The average Bonchev–Trinajstić information content (AvgIpc) is 2.37. The number of benzene rings is 1. The minimum Gasteiger partial charge on any atom is -0.481 e. The van der Waals surface area contributed by atoms with Gasteiger partial charge >= 0.3 is 5.97 Å². The molecule has 0 bridgehead atoms. The maximum Gasteiger partial charge on any atom is 0.303 e. The first kappa shape index (κ1) is 15.9. The Kier molecular flexibility index (Phi) is 5.42. The van der Waals surface area contributed by atoms with E-state index in [-0.39, 0.29) is 30.3 Å². The highest BCUT2D eigenvalue weighted by Gasteiger charge is 2.18. The second kappa shape index (κ2) is 6.83. The number of carboxylic acids is 1. The Bertz CT molecular complexity index is 519. The molecule has 1 rings (SSSR count). The second-order valence-electron chi connectivity index (χ2n) is 4.63. The standard InChI is InChI=1S/C13H17FN2O4/c1-3-9(5-13(17)18)7-15-11-4-8(2)10(14)6-12(11)16(19)20/h4,6,9,15H,3,5,7H2,1-2H3,(H,17,18). The molecule has 0 spiro atoms. The first-order chi connectivity index (χ1) is 9.35. The number of nitro benzene ring substituents is 1. The molecule has 0 aliphatic carbocycles. The van der Waals surface area contributed by atoms with Gasteiger partial charge in [-0.3, -0.25) is 14.9 Å². The summed E-state index contributed by atoms with van der Waals surface area (Å²) in [5.41, 5.74) is 0.153. The lowest BCUT2D eigenvalue weighted by Gasteiger charge is -2.15. The number of aryl methyl sites for hydroxylation is 1. The van der Waals surface area contributed by atoms with Gasteiger partial charge in [0.05, 0.1) is 11.0 Å². The van der Waals surface area contributed by atoms with Crippen molar-refractivity contribution in [1.29, 1.82) is 0 Å². The molecule has 1 atom stereocenters. The van der Waals surface area contributed by atoms with E-state index in [0.717, 1.165) is 6.07 Å². The maximum atomic E-state index is 13.3. The quantitative estimate of drug-likeness (QED) is 0.593. The van der Waals surface area contributed by atoms with E-state index in [1.165, 1.54) is 13.0 Å². The predicted molar refractivity (Wildman–Crippen MR) is 72.3 cm³/mol. The number of hydrogen-bond acceptors (Lipinski definition) is 4. The van der Waals surface area contributed by atoms with Crippen LogP contribution in [0, 0.1) is 28.8 Å². The molecule has 0 aliphatic heterocycles. The van der Waals surface area contributed by atoms with E-state index in [1.54, 1.807) is 0 Å². The van der Waals surface area contributed by atoms with Gasteiger partial charge in [0.2, 0.25) is 0 Å². The Balaban J connectivity index is 2.88. The zero-order valence-corrected chi connectivity index (χ0v) is 11.4. The number of nitrogens with one attached hydrogen (secondary N) is 1. The lowest BCUT2D eigenvalue weighted by Crippen LogP contribution is -2.18. The van der Waals surface area contributed by atoms with Crippen molar-refractivity contribution in [2.45, 2.75) is 26.7 Å². The second-order valence-corrected chi connectivity index (χ2v) is 4.63. The smallest absolute Gasteiger partial charge is 0.303 e. The van der Waals surface area contributed by atoms with E-state index in [2.05, 4.69) is 5.32 Å². The van der Waals surface area contributed by atoms with Crippen LogP contribution < -0.4 is 5.32 Å². The molecule has 0 fully saturated rings. The number of anilines is 1. The maximum absolute atomic E-state index is 13.3. The number of carboxylic acid groups (broad SMARTS) is 1. The van der Waals surface area contributed by atoms with Crippen LogP contribution in [0.15, 0.2) is 12.1 Å². The molecule has 0 saturated carbocycles. The fourth-order valence-corrected chi connectivity index (χ4v) is 1.83. The van der Waals surface area contributed by atoms with Crippen molar-refractivity contribution in [3.05, 3.63) is 33.6 Å². The average molecular weight is 284 g/mol. The van der Waals surface area contributed by atoms with Crippen LogP contribution in [0.1, 0.15) is 25.3 Å². The van der Waals surface area contributed by atoms with E-state index in [9.17, 15) is 19.3 Å².